The topological polar surface area (TPSA) is 94.3 Å². The summed E-state index contributed by atoms with van der Waals surface area (Å²) in [5.74, 6) is 3.96. The number of para-hydroxylation sites is 2. The predicted molar refractivity (Wildman–Crippen MR) is 113 cm³/mol. The van der Waals surface area contributed by atoms with Gasteiger partial charge >= 0.3 is 5.69 Å². The Hall–Kier alpha value is -3.29. The molecule has 5 rings (SSSR count). The fourth-order valence-electron chi connectivity index (χ4n) is 3.10. The molecule has 0 atom stereocenters. The van der Waals surface area contributed by atoms with Crippen molar-refractivity contribution < 1.29 is 0 Å². The molecular weight excluding hydrogens is 366 g/mol. The van der Waals surface area contributed by atoms with Gasteiger partial charge in [-0.05, 0) is 44.9 Å². The lowest BCUT2D eigenvalue weighted by Crippen LogP contribution is -2.14. The second-order valence-electron chi connectivity index (χ2n) is 6.67. The smallest absolute Gasteiger partial charge is 0.331 e. The van der Waals surface area contributed by atoms with E-state index in [2.05, 4.69) is 54.8 Å². The van der Waals surface area contributed by atoms with Crippen molar-refractivity contribution in [3.63, 3.8) is 0 Å². The fourth-order valence-corrected chi connectivity index (χ4v) is 3.10. The number of hydrogen-bond donors (Lipinski definition) is 1. The zero-order valence-electron chi connectivity index (χ0n) is 17.5. The highest BCUT2D eigenvalue weighted by atomic mass is 16.1. The maximum atomic E-state index is 11.0. The van der Waals surface area contributed by atoms with Gasteiger partial charge in [-0.25, -0.2) is 24.4 Å². The minimum atomic E-state index is -0.393. The van der Waals surface area contributed by atoms with Gasteiger partial charge in [-0.15, -0.1) is 5.10 Å². The second-order valence-corrected chi connectivity index (χ2v) is 6.67. The molecule has 0 spiro atoms. The Morgan fingerprint density at radius 1 is 1.07 bits per heavy atom. The number of nitrogens with one attached hydrogen (secondary N) is 1. The van der Waals surface area contributed by atoms with Crippen LogP contribution in [0.3, 0.4) is 0 Å². The molecule has 3 heterocycles. The minimum absolute atomic E-state index is 0.393. The summed E-state index contributed by atoms with van der Waals surface area (Å²) in [6, 6.07) is 10.0. The summed E-state index contributed by atoms with van der Waals surface area (Å²) in [7, 11) is 2.11. The van der Waals surface area contributed by atoms with Crippen LogP contribution in [0.4, 0.5) is 0 Å². The van der Waals surface area contributed by atoms with Crippen molar-refractivity contribution >= 4 is 11.0 Å². The van der Waals surface area contributed by atoms with Crippen LogP contribution in [0.25, 0.3) is 16.9 Å². The fraction of sp³-hybridized carbons (Fsp3) is 0.381. The molecule has 4 aromatic rings. The van der Waals surface area contributed by atoms with Gasteiger partial charge in [0.25, 0.3) is 0 Å². The van der Waals surface area contributed by atoms with Crippen LogP contribution in [0.15, 0.2) is 41.3 Å². The molecule has 0 amide bonds. The van der Waals surface area contributed by atoms with Crippen molar-refractivity contribution in [3.8, 4) is 5.82 Å². The SMILES string of the molecule is CC.Cc1nc(C)n(-c2ccnc(=O)[nH]2)n1.Cn1c(C2CC2)nc2ccccc21. The Bertz CT molecular complexity index is 1150. The van der Waals surface area contributed by atoms with Gasteiger partial charge in [0.1, 0.15) is 23.3 Å². The lowest BCUT2D eigenvalue weighted by Gasteiger charge is -2.00. The van der Waals surface area contributed by atoms with Crippen LogP contribution in [0.1, 0.15) is 50.1 Å². The molecule has 152 valence electrons. The van der Waals surface area contributed by atoms with Crippen LogP contribution in [-0.2, 0) is 7.05 Å². The van der Waals surface area contributed by atoms with Gasteiger partial charge in [0.2, 0.25) is 0 Å². The summed E-state index contributed by atoms with van der Waals surface area (Å²) in [6.45, 7) is 7.61. The van der Waals surface area contributed by atoms with Gasteiger partial charge in [0.05, 0.1) is 11.0 Å². The van der Waals surface area contributed by atoms with Crippen LogP contribution in [0.5, 0.6) is 0 Å². The van der Waals surface area contributed by atoms with E-state index in [4.69, 9.17) is 0 Å². The maximum Gasteiger partial charge on any atom is 0.346 e. The summed E-state index contributed by atoms with van der Waals surface area (Å²) >= 11 is 0. The van der Waals surface area contributed by atoms with Gasteiger partial charge in [-0.2, -0.15) is 0 Å². The van der Waals surface area contributed by atoms with Crippen LogP contribution in [0.2, 0.25) is 0 Å². The van der Waals surface area contributed by atoms with Gasteiger partial charge in [-0.1, -0.05) is 26.0 Å². The Morgan fingerprint density at radius 2 is 1.79 bits per heavy atom. The largest absolute Gasteiger partial charge is 0.346 e. The number of aryl methyl sites for hydroxylation is 3. The second kappa shape index (κ2) is 8.81. The molecular formula is C21H27N7O. The van der Waals surface area contributed by atoms with E-state index in [0.29, 0.717) is 11.6 Å². The summed E-state index contributed by atoms with van der Waals surface area (Å²) in [5, 5.41) is 4.13. The number of nitrogens with zero attached hydrogens (tertiary/aromatic N) is 6. The van der Waals surface area contributed by atoms with E-state index >= 15 is 0 Å². The average Bonchev–Trinajstić information content (AvgIpc) is 3.44. The Morgan fingerprint density at radius 3 is 2.38 bits per heavy atom. The number of benzene rings is 1. The summed E-state index contributed by atoms with van der Waals surface area (Å²) in [6.07, 6.45) is 4.07. The molecule has 0 unspecified atom stereocenters. The van der Waals surface area contributed by atoms with Crippen molar-refractivity contribution in [1.29, 1.82) is 0 Å². The van der Waals surface area contributed by atoms with E-state index in [1.807, 2.05) is 26.8 Å². The number of rotatable bonds is 2. The number of aromatic nitrogens is 7. The quantitative estimate of drug-likeness (QED) is 0.563. The van der Waals surface area contributed by atoms with Gasteiger partial charge in [-0.3, -0.25) is 4.98 Å². The van der Waals surface area contributed by atoms with Crippen LogP contribution >= 0.6 is 0 Å². The van der Waals surface area contributed by atoms with Crippen LogP contribution < -0.4 is 5.69 Å². The third kappa shape index (κ3) is 4.59. The van der Waals surface area contributed by atoms with E-state index in [0.717, 1.165) is 17.3 Å². The molecule has 1 aliphatic carbocycles. The van der Waals surface area contributed by atoms with Crippen molar-refractivity contribution in [3.05, 3.63) is 64.5 Å². The van der Waals surface area contributed by atoms with E-state index in [1.165, 1.54) is 30.4 Å². The van der Waals surface area contributed by atoms with E-state index in [9.17, 15) is 4.79 Å². The Kier molecular flexibility index (Phi) is 6.21. The zero-order chi connectivity index (χ0) is 21.0. The molecule has 1 N–H and O–H groups in total. The maximum absolute atomic E-state index is 11.0. The highest BCUT2D eigenvalue weighted by molar-refractivity contribution is 5.75. The van der Waals surface area contributed by atoms with Crippen LogP contribution in [-0.4, -0.2) is 34.3 Å². The number of fused-ring (bicyclic) bond motifs is 1. The third-order valence-electron chi connectivity index (χ3n) is 4.53. The van der Waals surface area contributed by atoms with Crippen molar-refractivity contribution in [2.75, 3.05) is 0 Å². The molecule has 1 saturated carbocycles. The highest BCUT2D eigenvalue weighted by Gasteiger charge is 2.28. The molecule has 3 aromatic heterocycles. The van der Waals surface area contributed by atoms with Crippen LogP contribution in [0, 0.1) is 13.8 Å². The van der Waals surface area contributed by atoms with E-state index in [1.54, 1.807) is 17.7 Å². The normalized spacial score (nSPS) is 12.7. The molecule has 0 saturated heterocycles. The Labute approximate surface area is 169 Å². The average molecular weight is 393 g/mol. The molecule has 8 nitrogen and oxygen atoms in total. The van der Waals surface area contributed by atoms with Gasteiger partial charge in [0, 0.05) is 19.2 Å². The lowest BCUT2D eigenvalue weighted by atomic mass is 10.3. The molecule has 0 aliphatic heterocycles. The molecule has 1 fully saturated rings. The molecule has 0 radical (unpaired) electrons. The molecule has 0 bridgehead atoms. The number of imidazole rings is 1. The van der Waals surface area contributed by atoms with Gasteiger partial charge in [0.15, 0.2) is 0 Å². The highest BCUT2D eigenvalue weighted by Crippen LogP contribution is 2.40. The lowest BCUT2D eigenvalue weighted by molar-refractivity contribution is 0.790. The zero-order valence-corrected chi connectivity index (χ0v) is 17.5. The first kappa shape index (κ1) is 20.4. The first-order valence-corrected chi connectivity index (χ1v) is 9.90. The van der Waals surface area contributed by atoms with Crippen molar-refractivity contribution in [2.24, 2.45) is 7.05 Å². The molecule has 1 aromatic carbocycles. The predicted octanol–water partition coefficient (Wildman–Crippen LogP) is 3.44. The summed E-state index contributed by atoms with van der Waals surface area (Å²) in [4.78, 5) is 25.8. The summed E-state index contributed by atoms with van der Waals surface area (Å²) in [5.41, 5.74) is 1.99. The van der Waals surface area contributed by atoms with Crippen molar-refractivity contribution in [1.82, 2.24) is 34.3 Å². The van der Waals surface area contributed by atoms with E-state index in [-0.39, 0.29) is 0 Å². The minimum Gasteiger partial charge on any atom is -0.331 e. The standard InChI is InChI=1S/C11H12N2.C8H9N5O.C2H6/c1-13-10-5-3-2-4-9(10)12-11(13)8-6-7-8;1-5-10-6(2)13(12-5)7-3-4-9-8(14)11-7;1-2/h2-5,8H,6-7H2,1H3;3-4H,1-2H3,(H,9,11,14);1-2H3. The molecule has 8 heteroatoms. The summed E-state index contributed by atoms with van der Waals surface area (Å²) < 4.78 is 3.80. The first-order valence-electron chi connectivity index (χ1n) is 9.90. The molecule has 29 heavy (non-hydrogen) atoms. The molecule has 1 aliphatic rings. The Balaban J connectivity index is 0.000000153. The van der Waals surface area contributed by atoms with Crippen molar-refractivity contribution in [2.45, 2.75) is 46.5 Å². The van der Waals surface area contributed by atoms with Gasteiger partial charge < -0.3 is 4.57 Å². The number of aromatic amines is 1. The number of H-pyrrole nitrogens is 1. The van der Waals surface area contributed by atoms with E-state index < -0.39 is 5.69 Å². The first-order chi connectivity index (χ1) is 14.0. The number of hydrogen-bond acceptors (Lipinski definition) is 5. The third-order valence-corrected chi connectivity index (χ3v) is 4.53. The monoisotopic (exact) mass is 393 g/mol.